The van der Waals surface area contributed by atoms with Crippen LogP contribution in [0, 0.1) is 13.8 Å². The second-order valence-electron chi connectivity index (χ2n) is 6.29. The molecule has 0 amide bonds. The van der Waals surface area contributed by atoms with Crippen LogP contribution in [0.25, 0.3) is 0 Å². The maximum absolute atomic E-state index is 12.5. The summed E-state index contributed by atoms with van der Waals surface area (Å²) in [5.74, 6) is 0.358. The number of aromatic nitrogens is 1. The predicted octanol–water partition coefficient (Wildman–Crippen LogP) is 3.33. The summed E-state index contributed by atoms with van der Waals surface area (Å²) in [6, 6.07) is 6.71. The number of nitrogens with zero attached hydrogens (tertiary/aromatic N) is 1. The number of hydrogen-bond donors (Lipinski definition) is 0. The number of rotatable bonds is 6. The molecule has 26 heavy (non-hydrogen) atoms. The Morgan fingerprint density at radius 2 is 1.85 bits per heavy atom. The summed E-state index contributed by atoms with van der Waals surface area (Å²) < 4.78 is 18.2. The highest BCUT2D eigenvalue weighted by Gasteiger charge is 2.19. The van der Waals surface area contributed by atoms with Gasteiger partial charge in [-0.3, -0.25) is 4.79 Å². The highest BCUT2D eigenvalue weighted by Crippen LogP contribution is 2.31. The molecule has 0 saturated carbocycles. The summed E-state index contributed by atoms with van der Waals surface area (Å²) in [5, 5.41) is 0. The smallest absolute Gasteiger partial charge is 0.338 e. The topological polar surface area (TPSA) is 66.8 Å². The molecule has 1 aromatic carbocycles. The number of carbonyl (C=O) groups excluding carboxylic acids is 2. The number of ketones is 1. The van der Waals surface area contributed by atoms with E-state index < -0.39 is 5.97 Å². The van der Waals surface area contributed by atoms with E-state index >= 15 is 0 Å². The van der Waals surface area contributed by atoms with E-state index in [0.717, 1.165) is 24.4 Å². The lowest BCUT2D eigenvalue weighted by atomic mass is 10.1. The van der Waals surface area contributed by atoms with Gasteiger partial charge in [0.15, 0.2) is 18.1 Å². The van der Waals surface area contributed by atoms with E-state index in [1.807, 2.05) is 19.9 Å². The fourth-order valence-electron chi connectivity index (χ4n) is 3.11. The van der Waals surface area contributed by atoms with Gasteiger partial charge in [-0.15, -0.1) is 0 Å². The number of aryl methyl sites for hydroxylation is 1. The molecule has 1 aliphatic heterocycles. The van der Waals surface area contributed by atoms with Crippen LogP contribution in [0.3, 0.4) is 0 Å². The highest BCUT2D eigenvalue weighted by molar-refractivity contribution is 6.00. The molecule has 6 heteroatoms. The van der Waals surface area contributed by atoms with E-state index in [9.17, 15) is 9.59 Å². The zero-order valence-electron chi connectivity index (χ0n) is 15.3. The molecule has 0 atom stereocenters. The molecule has 0 fully saturated rings. The Hall–Kier alpha value is -2.76. The average molecular weight is 357 g/mol. The van der Waals surface area contributed by atoms with Crippen molar-refractivity contribution in [2.24, 2.45) is 0 Å². The third kappa shape index (κ3) is 3.59. The number of ether oxygens (including phenoxy) is 3. The maximum atomic E-state index is 12.5. The molecule has 0 bridgehead atoms. The van der Waals surface area contributed by atoms with E-state index in [2.05, 4.69) is 11.5 Å². The summed E-state index contributed by atoms with van der Waals surface area (Å²) >= 11 is 0. The Labute approximate surface area is 152 Å². The number of Topliss-reactive ketones (excluding diaryl/α,β-unsaturated/α-hetero) is 1. The van der Waals surface area contributed by atoms with Gasteiger partial charge >= 0.3 is 5.97 Å². The van der Waals surface area contributed by atoms with Crippen LogP contribution in [0.5, 0.6) is 11.5 Å². The van der Waals surface area contributed by atoms with Gasteiger partial charge in [0.1, 0.15) is 13.2 Å². The summed E-state index contributed by atoms with van der Waals surface area (Å²) in [5.41, 5.74) is 2.88. The molecule has 6 nitrogen and oxygen atoms in total. The van der Waals surface area contributed by atoms with Crippen molar-refractivity contribution in [2.45, 2.75) is 33.7 Å². The lowest BCUT2D eigenvalue weighted by Crippen LogP contribution is -2.17. The van der Waals surface area contributed by atoms with Crippen molar-refractivity contribution in [3.05, 3.63) is 46.8 Å². The third-order valence-corrected chi connectivity index (χ3v) is 4.43. The fourth-order valence-corrected chi connectivity index (χ4v) is 3.11. The fraction of sp³-hybridized carbons (Fsp3) is 0.400. The van der Waals surface area contributed by atoms with Crippen LogP contribution in [0.4, 0.5) is 0 Å². The monoisotopic (exact) mass is 357 g/mol. The van der Waals surface area contributed by atoms with Crippen LogP contribution in [-0.4, -0.2) is 36.1 Å². The molecule has 138 valence electrons. The van der Waals surface area contributed by atoms with Crippen molar-refractivity contribution >= 4 is 11.8 Å². The first-order valence-electron chi connectivity index (χ1n) is 8.78. The van der Waals surface area contributed by atoms with Crippen molar-refractivity contribution in [3.8, 4) is 11.5 Å². The van der Waals surface area contributed by atoms with Gasteiger partial charge in [0.25, 0.3) is 0 Å². The van der Waals surface area contributed by atoms with E-state index in [4.69, 9.17) is 14.2 Å². The van der Waals surface area contributed by atoms with E-state index in [0.29, 0.717) is 35.8 Å². The zero-order chi connectivity index (χ0) is 18.7. The Kier molecular flexibility index (Phi) is 5.30. The van der Waals surface area contributed by atoms with E-state index in [1.54, 1.807) is 18.2 Å². The molecule has 3 rings (SSSR count). The largest absolute Gasteiger partial charge is 0.486 e. The normalized spacial score (nSPS) is 12.7. The first-order valence-corrected chi connectivity index (χ1v) is 8.78. The molecule has 1 aliphatic rings. The maximum Gasteiger partial charge on any atom is 0.338 e. The quantitative estimate of drug-likeness (QED) is 0.586. The predicted molar refractivity (Wildman–Crippen MR) is 96.2 cm³/mol. The van der Waals surface area contributed by atoms with Crippen molar-refractivity contribution in [2.75, 3.05) is 19.8 Å². The summed E-state index contributed by atoms with van der Waals surface area (Å²) in [6.07, 6.45) is 0.989. The molecule has 0 spiro atoms. The van der Waals surface area contributed by atoms with Crippen molar-refractivity contribution in [3.63, 3.8) is 0 Å². The molecule has 2 aromatic rings. The van der Waals surface area contributed by atoms with E-state index in [1.165, 1.54) is 0 Å². The third-order valence-electron chi connectivity index (χ3n) is 4.43. The summed E-state index contributed by atoms with van der Waals surface area (Å²) in [4.78, 5) is 24.7. The molecule has 0 aliphatic carbocycles. The van der Waals surface area contributed by atoms with Crippen LogP contribution >= 0.6 is 0 Å². The van der Waals surface area contributed by atoms with Gasteiger partial charge in [-0.05, 0) is 44.5 Å². The first-order chi connectivity index (χ1) is 12.5. The Balaban J connectivity index is 1.66. The number of carbonyl (C=O) groups is 2. The number of hydrogen-bond acceptors (Lipinski definition) is 5. The number of esters is 1. The first kappa shape index (κ1) is 18.0. The van der Waals surface area contributed by atoms with E-state index in [-0.39, 0.29) is 12.4 Å². The molecule has 0 saturated heterocycles. The van der Waals surface area contributed by atoms with Gasteiger partial charge in [-0.1, -0.05) is 6.92 Å². The molecule has 2 heterocycles. The van der Waals surface area contributed by atoms with Gasteiger partial charge in [0, 0.05) is 23.5 Å². The van der Waals surface area contributed by atoms with Crippen LogP contribution in [-0.2, 0) is 11.3 Å². The molecule has 0 N–H and O–H groups in total. The van der Waals surface area contributed by atoms with Crippen molar-refractivity contribution in [1.82, 2.24) is 4.57 Å². The summed E-state index contributed by atoms with van der Waals surface area (Å²) in [7, 11) is 0. The highest BCUT2D eigenvalue weighted by atomic mass is 16.6. The molecular formula is C20H23NO5. The minimum Gasteiger partial charge on any atom is -0.486 e. The van der Waals surface area contributed by atoms with Crippen LogP contribution in [0.1, 0.15) is 45.4 Å². The van der Waals surface area contributed by atoms with Gasteiger partial charge in [-0.2, -0.15) is 0 Å². The SMILES string of the molecule is CCCn1c(C)cc(C(=O)COC(=O)c2ccc3c(c2)OCCO3)c1C. The summed E-state index contributed by atoms with van der Waals surface area (Å²) in [6.45, 7) is 7.49. The molecule has 1 aromatic heterocycles. The standard InChI is InChI=1S/C20H23NO5/c1-4-7-21-13(2)10-16(14(21)3)17(22)12-26-20(23)15-5-6-18-19(11-15)25-9-8-24-18/h5-6,10-11H,4,7-9,12H2,1-3H3. The molecule has 0 radical (unpaired) electrons. The lowest BCUT2D eigenvalue weighted by Gasteiger charge is -2.18. The second kappa shape index (κ2) is 7.64. The van der Waals surface area contributed by atoms with Crippen LogP contribution < -0.4 is 9.47 Å². The van der Waals surface area contributed by atoms with Crippen LogP contribution in [0.15, 0.2) is 24.3 Å². The number of benzene rings is 1. The van der Waals surface area contributed by atoms with Crippen molar-refractivity contribution in [1.29, 1.82) is 0 Å². The van der Waals surface area contributed by atoms with Gasteiger partial charge in [-0.25, -0.2) is 4.79 Å². The van der Waals surface area contributed by atoms with Gasteiger partial charge in [0.2, 0.25) is 5.78 Å². The zero-order valence-corrected chi connectivity index (χ0v) is 15.3. The van der Waals surface area contributed by atoms with Crippen LogP contribution in [0.2, 0.25) is 0 Å². The molecular weight excluding hydrogens is 334 g/mol. The minimum atomic E-state index is -0.558. The van der Waals surface area contributed by atoms with Gasteiger partial charge < -0.3 is 18.8 Å². The minimum absolute atomic E-state index is 0.202. The lowest BCUT2D eigenvalue weighted by molar-refractivity contribution is 0.0473. The van der Waals surface area contributed by atoms with Gasteiger partial charge in [0.05, 0.1) is 5.56 Å². The average Bonchev–Trinajstić information content (AvgIpc) is 2.94. The Morgan fingerprint density at radius 3 is 2.58 bits per heavy atom. The molecule has 0 unspecified atom stereocenters. The van der Waals surface area contributed by atoms with Crippen molar-refractivity contribution < 1.29 is 23.8 Å². The number of fused-ring (bicyclic) bond motifs is 1. The second-order valence-corrected chi connectivity index (χ2v) is 6.29. The Bertz CT molecular complexity index is 837. The Morgan fingerprint density at radius 1 is 1.12 bits per heavy atom.